The van der Waals surface area contributed by atoms with Crippen LogP contribution in [0, 0.1) is 0 Å². The fourth-order valence-electron chi connectivity index (χ4n) is 9.90. The summed E-state index contributed by atoms with van der Waals surface area (Å²) in [7, 11) is 0. The van der Waals surface area contributed by atoms with Gasteiger partial charge in [-0.25, -0.2) is 0 Å². The van der Waals surface area contributed by atoms with Crippen molar-refractivity contribution in [3.8, 4) is 39.1 Å². The normalized spacial score (nSPS) is 13.5. The highest BCUT2D eigenvalue weighted by molar-refractivity contribution is 6.28. The van der Waals surface area contributed by atoms with Crippen molar-refractivity contribution >= 4 is 43.4 Å². The maximum absolute atomic E-state index is 2.47. The molecule has 0 unspecified atom stereocenters. The van der Waals surface area contributed by atoms with Gasteiger partial charge in [0, 0.05) is 16.5 Å². The van der Waals surface area contributed by atoms with Crippen molar-refractivity contribution in [2.24, 2.45) is 0 Å². The predicted molar refractivity (Wildman–Crippen MR) is 218 cm³/mol. The summed E-state index contributed by atoms with van der Waals surface area (Å²) in [5.74, 6) is 0. The van der Waals surface area contributed by atoms with Crippen LogP contribution in [0.25, 0.3) is 82.4 Å². The Labute approximate surface area is 301 Å². The van der Waals surface area contributed by atoms with Crippen molar-refractivity contribution < 1.29 is 0 Å². The first-order chi connectivity index (χ1) is 25.8. The number of nitrogens with zero attached hydrogens (tertiary/aromatic N) is 1. The van der Waals surface area contributed by atoms with E-state index in [0.717, 1.165) is 5.69 Å². The van der Waals surface area contributed by atoms with E-state index in [2.05, 4.69) is 193 Å². The van der Waals surface area contributed by atoms with Crippen LogP contribution in [0.5, 0.6) is 0 Å². The lowest BCUT2D eigenvalue weighted by molar-refractivity contribution is 0.794. The zero-order chi connectivity index (χ0) is 34.0. The molecule has 10 aromatic rings. The SMILES string of the molecule is c1ccc2c(c1)-c1ccccc1C21c2ccccc2-c2ccc(-c3ccc(-n4c5ccc6ccccc6c5c5c6ccccc6ccc54)cc3)cc21. The fourth-order valence-corrected chi connectivity index (χ4v) is 9.90. The maximum Gasteiger partial charge on any atom is 0.0725 e. The second-order valence-electron chi connectivity index (χ2n) is 14.4. The van der Waals surface area contributed by atoms with Crippen molar-refractivity contribution in [1.82, 2.24) is 4.57 Å². The minimum atomic E-state index is -0.344. The van der Waals surface area contributed by atoms with Crippen LogP contribution in [-0.2, 0) is 5.41 Å². The average molecular weight is 658 g/mol. The molecule has 0 fully saturated rings. The number of hydrogen-bond donors (Lipinski definition) is 0. The summed E-state index contributed by atoms with van der Waals surface area (Å²) in [5, 5.41) is 7.74. The molecule has 0 aliphatic heterocycles. The third kappa shape index (κ3) is 3.48. The zero-order valence-corrected chi connectivity index (χ0v) is 28.3. The Morgan fingerprint density at radius 1 is 0.327 bits per heavy atom. The molecule has 52 heavy (non-hydrogen) atoms. The number of fused-ring (bicyclic) bond motifs is 17. The van der Waals surface area contributed by atoms with E-state index in [9.17, 15) is 0 Å². The monoisotopic (exact) mass is 657 g/mol. The summed E-state index contributed by atoms with van der Waals surface area (Å²) in [4.78, 5) is 0. The first-order valence-electron chi connectivity index (χ1n) is 18.2. The number of aromatic nitrogens is 1. The molecule has 240 valence electrons. The van der Waals surface area contributed by atoms with Gasteiger partial charge < -0.3 is 4.57 Å². The van der Waals surface area contributed by atoms with E-state index in [0.29, 0.717) is 0 Å². The van der Waals surface area contributed by atoms with Crippen LogP contribution in [0.1, 0.15) is 22.3 Å². The Balaban J connectivity index is 1.06. The Morgan fingerprint density at radius 2 is 0.769 bits per heavy atom. The summed E-state index contributed by atoms with van der Waals surface area (Å²) in [6.07, 6.45) is 0. The van der Waals surface area contributed by atoms with Crippen LogP contribution >= 0.6 is 0 Å². The molecule has 1 heterocycles. The van der Waals surface area contributed by atoms with Crippen molar-refractivity contribution in [2.45, 2.75) is 5.41 Å². The molecule has 2 aliphatic rings. The highest BCUT2D eigenvalue weighted by atomic mass is 15.0. The minimum Gasteiger partial charge on any atom is -0.309 e. The quantitative estimate of drug-likeness (QED) is 0.174. The minimum absolute atomic E-state index is 0.344. The zero-order valence-electron chi connectivity index (χ0n) is 28.3. The van der Waals surface area contributed by atoms with E-state index >= 15 is 0 Å². The smallest absolute Gasteiger partial charge is 0.0725 e. The lowest BCUT2D eigenvalue weighted by Crippen LogP contribution is -2.25. The average Bonchev–Trinajstić information content (AvgIpc) is 3.83. The van der Waals surface area contributed by atoms with Crippen molar-refractivity contribution in [2.75, 3.05) is 0 Å². The first kappa shape index (κ1) is 28.0. The summed E-state index contributed by atoms with van der Waals surface area (Å²) in [5.41, 5.74) is 16.6. The van der Waals surface area contributed by atoms with Crippen LogP contribution in [0.15, 0.2) is 188 Å². The van der Waals surface area contributed by atoms with Crippen LogP contribution in [0.4, 0.5) is 0 Å². The molecule has 0 radical (unpaired) electrons. The molecule has 1 nitrogen and oxygen atoms in total. The van der Waals surface area contributed by atoms with Gasteiger partial charge in [0.25, 0.3) is 0 Å². The molecule has 9 aromatic carbocycles. The van der Waals surface area contributed by atoms with Gasteiger partial charge in [-0.05, 0) is 108 Å². The van der Waals surface area contributed by atoms with Gasteiger partial charge in [0.15, 0.2) is 0 Å². The standard InChI is InChI=1S/C51H31N/c1-3-13-37-33(11-1)24-29-47-49(37)50-38-14-4-2-12-34(38)25-30-48(50)52(47)36-26-21-32(22-27-36)35-23-28-42-41-17-7-10-20-45(41)51(46(42)31-35)43-18-8-5-15-39(43)40-16-6-9-19-44(40)51/h1-31H. The molecular weight excluding hydrogens is 627 g/mol. The largest absolute Gasteiger partial charge is 0.309 e. The van der Waals surface area contributed by atoms with Gasteiger partial charge in [0.1, 0.15) is 0 Å². The number of benzene rings is 9. The van der Waals surface area contributed by atoms with Gasteiger partial charge in [-0.15, -0.1) is 0 Å². The Morgan fingerprint density at radius 3 is 1.31 bits per heavy atom. The van der Waals surface area contributed by atoms with Gasteiger partial charge in [0.2, 0.25) is 0 Å². The van der Waals surface area contributed by atoms with Crippen LogP contribution in [-0.4, -0.2) is 4.57 Å². The van der Waals surface area contributed by atoms with Gasteiger partial charge in [-0.3, -0.25) is 0 Å². The molecule has 1 heteroatoms. The summed E-state index contributed by atoms with van der Waals surface area (Å²) in [6.45, 7) is 0. The van der Waals surface area contributed by atoms with Crippen molar-refractivity contribution in [3.63, 3.8) is 0 Å². The van der Waals surface area contributed by atoms with E-state index in [1.807, 2.05) is 0 Å². The lowest BCUT2D eigenvalue weighted by atomic mass is 9.70. The molecule has 1 spiro atoms. The molecule has 0 N–H and O–H groups in total. The molecule has 1 aromatic heterocycles. The van der Waals surface area contributed by atoms with E-state index < -0.39 is 0 Å². The number of hydrogen-bond acceptors (Lipinski definition) is 0. The maximum atomic E-state index is 2.47. The summed E-state index contributed by atoms with van der Waals surface area (Å²) in [6, 6.07) is 70.2. The third-order valence-corrected chi connectivity index (χ3v) is 12.0. The Kier molecular flexibility index (Phi) is 5.49. The summed E-state index contributed by atoms with van der Waals surface area (Å²) >= 11 is 0. The van der Waals surface area contributed by atoms with Crippen LogP contribution in [0.2, 0.25) is 0 Å². The molecule has 12 rings (SSSR count). The van der Waals surface area contributed by atoms with Crippen molar-refractivity contribution in [3.05, 3.63) is 210 Å². The Hall–Kier alpha value is -6.70. The molecular formula is C51H31N. The third-order valence-electron chi connectivity index (χ3n) is 12.0. The highest BCUT2D eigenvalue weighted by Crippen LogP contribution is 2.63. The van der Waals surface area contributed by atoms with Gasteiger partial charge in [0.05, 0.1) is 16.4 Å². The molecule has 0 atom stereocenters. The summed E-state index contributed by atoms with van der Waals surface area (Å²) < 4.78 is 2.45. The number of rotatable bonds is 2. The van der Waals surface area contributed by atoms with E-state index in [-0.39, 0.29) is 5.41 Å². The van der Waals surface area contributed by atoms with Crippen LogP contribution < -0.4 is 0 Å². The van der Waals surface area contributed by atoms with E-state index in [1.165, 1.54) is 99.0 Å². The van der Waals surface area contributed by atoms with E-state index in [4.69, 9.17) is 0 Å². The Bertz CT molecular complexity index is 2970. The second kappa shape index (κ2) is 10.2. The highest BCUT2D eigenvalue weighted by Gasteiger charge is 2.51. The van der Waals surface area contributed by atoms with Crippen LogP contribution in [0.3, 0.4) is 0 Å². The van der Waals surface area contributed by atoms with E-state index in [1.54, 1.807) is 0 Å². The molecule has 2 aliphatic carbocycles. The second-order valence-corrected chi connectivity index (χ2v) is 14.4. The molecule has 0 amide bonds. The van der Waals surface area contributed by atoms with Gasteiger partial charge in [-0.1, -0.05) is 158 Å². The lowest BCUT2D eigenvalue weighted by Gasteiger charge is -2.30. The topological polar surface area (TPSA) is 4.93 Å². The van der Waals surface area contributed by atoms with Gasteiger partial charge >= 0.3 is 0 Å². The van der Waals surface area contributed by atoms with Gasteiger partial charge in [-0.2, -0.15) is 0 Å². The van der Waals surface area contributed by atoms with Crippen molar-refractivity contribution in [1.29, 1.82) is 0 Å². The molecule has 0 bridgehead atoms. The fraction of sp³-hybridized carbons (Fsp3) is 0.0196. The first-order valence-corrected chi connectivity index (χ1v) is 18.2. The molecule has 0 saturated carbocycles. The predicted octanol–water partition coefficient (Wildman–Crippen LogP) is 13.1. The molecule has 0 saturated heterocycles.